The average Bonchev–Trinajstić information content (AvgIpc) is 2.75. The topological polar surface area (TPSA) is 83.7 Å². The first-order valence-corrected chi connectivity index (χ1v) is 5.30. The van der Waals surface area contributed by atoms with Gasteiger partial charge in [-0.1, -0.05) is 0 Å². The van der Waals surface area contributed by atoms with Gasteiger partial charge in [0.05, 0.1) is 11.0 Å². The highest BCUT2D eigenvalue weighted by molar-refractivity contribution is 5.94. The van der Waals surface area contributed by atoms with Crippen molar-refractivity contribution in [1.29, 1.82) is 0 Å². The van der Waals surface area contributed by atoms with Crippen molar-refractivity contribution in [3.63, 3.8) is 0 Å². The van der Waals surface area contributed by atoms with Crippen LogP contribution < -0.4 is 0 Å². The van der Waals surface area contributed by atoms with E-state index in [-0.39, 0.29) is 11.6 Å². The Hall–Kier alpha value is -1.95. The van der Waals surface area contributed by atoms with Gasteiger partial charge in [-0.2, -0.15) is 0 Å². The van der Waals surface area contributed by atoms with Gasteiger partial charge in [-0.3, -0.25) is 14.9 Å². The molecule has 17 heavy (non-hydrogen) atoms. The molecule has 1 saturated heterocycles. The predicted molar refractivity (Wildman–Crippen MR) is 59.6 cm³/mol. The van der Waals surface area contributed by atoms with Crippen molar-refractivity contribution >= 4 is 11.6 Å². The number of carbonyl (C=O) groups excluding carboxylic acids is 1. The minimum absolute atomic E-state index is 0.0389. The van der Waals surface area contributed by atoms with Gasteiger partial charge in [0, 0.05) is 30.8 Å². The lowest BCUT2D eigenvalue weighted by Gasteiger charge is -2.15. The molecule has 1 aromatic carbocycles. The van der Waals surface area contributed by atoms with E-state index in [1.807, 2.05) is 0 Å². The summed E-state index contributed by atoms with van der Waals surface area (Å²) in [5.74, 6) is -0.198. The van der Waals surface area contributed by atoms with Gasteiger partial charge in [0.15, 0.2) is 0 Å². The Morgan fingerprint density at radius 3 is 2.53 bits per heavy atom. The summed E-state index contributed by atoms with van der Waals surface area (Å²) in [5, 5.41) is 19.8. The van der Waals surface area contributed by atoms with Crippen molar-refractivity contribution in [2.75, 3.05) is 13.1 Å². The molecule has 0 bridgehead atoms. The Morgan fingerprint density at radius 2 is 2.06 bits per heavy atom. The number of likely N-dealkylation sites (tertiary alicyclic amines) is 1. The van der Waals surface area contributed by atoms with E-state index in [4.69, 9.17) is 0 Å². The van der Waals surface area contributed by atoms with Crippen molar-refractivity contribution in [2.24, 2.45) is 0 Å². The normalized spacial score (nSPS) is 19.4. The zero-order valence-corrected chi connectivity index (χ0v) is 9.07. The zero-order valence-electron chi connectivity index (χ0n) is 9.07. The van der Waals surface area contributed by atoms with Gasteiger partial charge in [0.25, 0.3) is 11.6 Å². The van der Waals surface area contributed by atoms with Crippen LogP contribution in [0, 0.1) is 10.1 Å². The summed E-state index contributed by atoms with van der Waals surface area (Å²) in [5.41, 5.74) is 0.368. The van der Waals surface area contributed by atoms with Crippen molar-refractivity contribution < 1.29 is 14.8 Å². The molecule has 1 atom stereocenters. The molecule has 0 aliphatic carbocycles. The number of β-amino-alcohol motifs (C(OH)–C–C–N with tert-alkyl or cyclic N) is 1. The molecule has 1 fully saturated rings. The van der Waals surface area contributed by atoms with Gasteiger partial charge in [-0.05, 0) is 18.6 Å². The Bertz CT molecular complexity index is 443. The lowest BCUT2D eigenvalue weighted by Crippen LogP contribution is -2.29. The fraction of sp³-hybridized carbons (Fsp3) is 0.364. The van der Waals surface area contributed by atoms with Crippen molar-refractivity contribution in [1.82, 2.24) is 4.90 Å². The smallest absolute Gasteiger partial charge is 0.269 e. The number of non-ortho nitro benzene ring substituents is 1. The summed E-state index contributed by atoms with van der Waals surface area (Å²) in [4.78, 5) is 23.4. The molecule has 0 saturated carbocycles. The average molecular weight is 236 g/mol. The first-order valence-electron chi connectivity index (χ1n) is 5.30. The summed E-state index contributed by atoms with van der Waals surface area (Å²) in [6.07, 6.45) is 0.121. The SMILES string of the molecule is O=C(c1ccc([N+](=O)[O-])cc1)N1CC[C@@H](O)C1. The van der Waals surface area contributed by atoms with Gasteiger partial charge in [0.1, 0.15) is 0 Å². The van der Waals surface area contributed by atoms with Gasteiger partial charge in [0.2, 0.25) is 0 Å². The maximum absolute atomic E-state index is 11.9. The van der Waals surface area contributed by atoms with Crippen LogP contribution in [0.1, 0.15) is 16.8 Å². The Labute approximate surface area is 97.6 Å². The van der Waals surface area contributed by atoms with Crippen LogP contribution in [0.2, 0.25) is 0 Å². The van der Waals surface area contributed by atoms with E-state index in [1.54, 1.807) is 4.90 Å². The third-order valence-electron chi connectivity index (χ3n) is 2.78. The fourth-order valence-corrected chi connectivity index (χ4v) is 1.83. The molecular weight excluding hydrogens is 224 g/mol. The Kier molecular flexibility index (Phi) is 3.06. The number of aliphatic hydroxyl groups is 1. The molecule has 6 nitrogen and oxygen atoms in total. The lowest BCUT2D eigenvalue weighted by atomic mass is 10.2. The van der Waals surface area contributed by atoms with Crippen LogP contribution in [0.25, 0.3) is 0 Å². The number of nitrogens with zero attached hydrogens (tertiary/aromatic N) is 2. The maximum Gasteiger partial charge on any atom is 0.269 e. The second kappa shape index (κ2) is 4.50. The molecule has 1 aliphatic rings. The first kappa shape index (κ1) is 11.5. The fourth-order valence-electron chi connectivity index (χ4n) is 1.83. The molecule has 2 rings (SSSR count). The highest BCUT2D eigenvalue weighted by Crippen LogP contribution is 2.16. The Morgan fingerprint density at radius 1 is 1.41 bits per heavy atom. The highest BCUT2D eigenvalue weighted by atomic mass is 16.6. The minimum atomic E-state index is -0.506. The van der Waals surface area contributed by atoms with Crippen molar-refractivity contribution in [3.8, 4) is 0 Å². The van der Waals surface area contributed by atoms with Gasteiger partial charge < -0.3 is 10.0 Å². The molecule has 0 aromatic heterocycles. The zero-order chi connectivity index (χ0) is 12.4. The molecule has 1 aromatic rings. The van der Waals surface area contributed by atoms with E-state index in [2.05, 4.69) is 0 Å². The molecule has 1 amide bonds. The van der Waals surface area contributed by atoms with E-state index in [0.717, 1.165) is 0 Å². The predicted octanol–water partition coefficient (Wildman–Crippen LogP) is 0.802. The molecule has 1 heterocycles. The van der Waals surface area contributed by atoms with Crippen LogP contribution in [0.4, 0.5) is 5.69 Å². The Balaban J connectivity index is 2.12. The highest BCUT2D eigenvalue weighted by Gasteiger charge is 2.25. The van der Waals surface area contributed by atoms with Crippen LogP contribution in [0.3, 0.4) is 0 Å². The largest absolute Gasteiger partial charge is 0.391 e. The van der Waals surface area contributed by atoms with Crippen LogP contribution in [0.5, 0.6) is 0 Å². The van der Waals surface area contributed by atoms with Crippen molar-refractivity contribution in [3.05, 3.63) is 39.9 Å². The third kappa shape index (κ3) is 2.42. The summed E-state index contributed by atoms with van der Waals surface area (Å²) >= 11 is 0. The number of nitro groups is 1. The lowest BCUT2D eigenvalue weighted by molar-refractivity contribution is -0.384. The van der Waals surface area contributed by atoms with E-state index >= 15 is 0 Å². The van der Waals surface area contributed by atoms with Crippen LogP contribution in [0.15, 0.2) is 24.3 Å². The number of aliphatic hydroxyl groups excluding tert-OH is 1. The number of carbonyl (C=O) groups is 1. The van der Waals surface area contributed by atoms with Crippen LogP contribution in [-0.2, 0) is 0 Å². The monoisotopic (exact) mass is 236 g/mol. The molecular formula is C11H12N2O4. The first-order chi connectivity index (χ1) is 8.08. The second-order valence-corrected chi connectivity index (χ2v) is 4.00. The van der Waals surface area contributed by atoms with Gasteiger partial charge in [-0.25, -0.2) is 0 Å². The number of nitro benzene ring substituents is 1. The summed E-state index contributed by atoms with van der Waals surface area (Å²) in [6, 6.07) is 5.48. The number of hydrogen-bond acceptors (Lipinski definition) is 4. The van der Waals surface area contributed by atoms with Crippen LogP contribution in [-0.4, -0.2) is 40.0 Å². The molecule has 0 spiro atoms. The molecule has 6 heteroatoms. The number of amides is 1. The van der Waals surface area contributed by atoms with Crippen LogP contribution >= 0.6 is 0 Å². The summed E-state index contributed by atoms with van der Waals surface area (Å²) < 4.78 is 0. The minimum Gasteiger partial charge on any atom is -0.391 e. The quantitative estimate of drug-likeness (QED) is 0.608. The van der Waals surface area contributed by atoms with Gasteiger partial charge >= 0.3 is 0 Å². The molecule has 1 aliphatic heterocycles. The van der Waals surface area contributed by atoms with Crippen molar-refractivity contribution in [2.45, 2.75) is 12.5 Å². The molecule has 1 N–H and O–H groups in total. The molecule has 90 valence electrons. The standard InChI is InChI=1S/C11H12N2O4/c14-10-5-6-12(7-10)11(15)8-1-3-9(4-2-8)13(16)17/h1-4,10,14H,5-7H2/t10-/m1/s1. The third-order valence-corrected chi connectivity index (χ3v) is 2.78. The molecule has 0 unspecified atom stereocenters. The summed E-state index contributed by atoms with van der Waals surface area (Å²) in [7, 11) is 0. The number of rotatable bonds is 2. The maximum atomic E-state index is 11.9. The second-order valence-electron chi connectivity index (χ2n) is 4.00. The van der Waals surface area contributed by atoms with E-state index < -0.39 is 11.0 Å². The molecule has 0 radical (unpaired) electrons. The van der Waals surface area contributed by atoms with Gasteiger partial charge in [-0.15, -0.1) is 0 Å². The van der Waals surface area contributed by atoms with E-state index in [1.165, 1.54) is 24.3 Å². The number of hydrogen-bond donors (Lipinski definition) is 1. The number of benzene rings is 1. The van der Waals surface area contributed by atoms with E-state index in [9.17, 15) is 20.0 Å². The summed E-state index contributed by atoms with van der Waals surface area (Å²) in [6.45, 7) is 0.854. The van der Waals surface area contributed by atoms with E-state index in [0.29, 0.717) is 25.1 Å².